The smallest absolute Gasteiger partial charge is 0.240 e. The molecule has 0 aromatic heterocycles. The lowest BCUT2D eigenvalue weighted by Gasteiger charge is -2.10. The molecular formula is C25H21BrCl3N3O3. The highest BCUT2D eigenvalue weighted by Crippen LogP contribution is 2.28. The van der Waals surface area contributed by atoms with Crippen LogP contribution in [-0.4, -0.2) is 18.0 Å². The Kier molecular flexibility index (Phi) is 9.98. The number of hydrazone groups is 1. The summed E-state index contributed by atoms with van der Waals surface area (Å²) >= 11 is 21.6. The lowest BCUT2D eigenvalue weighted by molar-refractivity contribution is -0.124. The molecule has 6 nitrogen and oxygen atoms in total. The summed E-state index contributed by atoms with van der Waals surface area (Å²) in [5, 5.41) is 8.31. The third-order valence-electron chi connectivity index (χ3n) is 4.79. The van der Waals surface area contributed by atoms with Crippen molar-refractivity contribution in [3.63, 3.8) is 0 Å². The molecule has 0 aliphatic carbocycles. The number of anilines is 1. The number of ether oxygens (including phenoxy) is 1. The van der Waals surface area contributed by atoms with Gasteiger partial charge in [0.05, 0.1) is 10.7 Å². The number of nitrogens with zero attached hydrogens (tertiary/aromatic N) is 1. The van der Waals surface area contributed by atoms with E-state index in [1.54, 1.807) is 42.5 Å². The predicted octanol–water partition coefficient (Wildman–Crippen LogP) is 7.17. The average molecular weight is 598 g/mol. The molecular weight excluding hydrogens is 577 g/mol. The minimum absolute atomic E-state index is 0.00744. The van der Waals surface area contributed by atoms with Crippen LogP contribution in [-0.2, 0) is 16.2 Å². The Hall–Kier alpha value is -2.58. The lowest BCUT2D eigenvalue weighted by Crippen LogP contribution is -2.20. The fourth-order valence-corrected chi connectivity index (χ4v) is 4.02. The van der Waals surface area contributed by atoms with Crippen LogP contribution in [0.3, 0.4) is 0 Å². The van der Waals surface area contributed by atoms with Crippen LogP contribution < -0.4 is 15.5 Å². The van der Waals surface area contributed by atoms with Gasteiger partial charge in [-0.25, -0.2) is 5.43 Å². The minimum atomic E-state index is -0.378. The predicted molar refractivity (Wildman–Crippen MR) is 145 cm³/mol. The summed E-state index contributed by atoms with van der Waals surface area (Å²) in [4.78, 5) is 24.1. The van der Waals surface area contributed by atoms with E-state index in [0.717, 1.165) is 16.7 Å². The average Bonchev–Trinajstić information content (AvgIpc) is 2.80. The van der Waals surface area contributed by atoms with Crippen LogP contribution in [0.15, 0.2) is 64.2 Å². The Balaban J connectivity index is 1.44. The van der Waals surface area contributed by atoms with Crippen LogP contribution in [0.4, 0.5) is 5.69 Å². The Bertz CT molecular complexity index is 1270. The zero-order chi connectivity index (χ0) is 25.4. The van der Waals surface area contributed by atoms with E-state index in [1.165, 1.54) is 6.21 Å². The van der Waals surface area contributed by atoms with Crippen molar-refractivity contribution < 1.29 is 14.3 Å². The highest BCUT2D eigenvalue weighted by Gasteiger charge is 2.09. The first-order chi connectivity index (χ1) is 16.7. The molecule has 35 heavy (non-hydrogen) atoms. The van der Waals surface area contributed by atoms with Crippen LogP contribution in [0, 0.1) is 6.92 Å². The first kappa shape index (κ1) is 27.0. The van der Waals surface area contributed by atoms with Gasteiger partial charge in [-0.2, -0.15) is 5.10 Å². The molecule has 3 rings (SSSR count). The van der Waals surface area contributed by atoms with Crippen molar-refractivity contribution in [2.75, 3.05) is 5.32 Å². The highest BCUT2D eigenvalue weighted by molar-refractivity contribution is 9.10. The largest absolute Gasteiger partial charge is 0.488 e. The zero-order valence-electron chi connectivity index (χ0n) is 18.6. The standard InChI is InChI=1S/C25H21BrCl3N3O3/c1-15-2-6-19(12-21(15)28)31-24(33)8-9-25(34)32-30-13-16-3-7-23(20(26)10-16)35-14-17-4-5-18(27)11-22(17)29/h2-7,10-13H,8-9,14H2,1H3,(H,31,33)(H,32,34). The molecule has 0 atom stereocenters. The summed E-state index contributed by atoms with van der Waals surface area (Å²) in [6.45, 7) is 2.15. The van der Waals surface area contributed by atoms with Gasteiger partial charge in [0.2, 0.25) is 11.8 Å². The second kappa shape index (κ2) is 12.9. The second-order valence-electron chi connectivity index (χ2n) is 7.52. The number of nitrogens with one attached hydrogen (secondary N) is 2. The Morgan fingerprint density at radius 3 is 2.46 bits per heavy atom. The fraction of sp³-hybridized carbons (Fsp3) is 0.160. The molecule has 0 unspecified atom stereocenters. The molecule has 0 aliphatic rings. The summed E-state index contributed by atoms with van der Waals surface area (Å²) in [6.07, 6.45) is 1.51. The van der Waals surface area contributed by atoms with Crippen molar-refractivity contribution in [1.82, 2.24) is 5.43 Å². The van der Waals surface area contributed by atoms with E-state index in [-0.39, 0.29) is 31.3 Å². The van der Waals surface area contributed by atoms with Gasteiger partial charge in [-0.05, 0) is 76.4 Å². The van der Waals surface area contributed by atoms with Crippen LogP contribution in [0.5, 0.6) is 5.75 Å². The molecule has 0 bridgehead atoms. The molecule has 0 fully saturated rings. The summed E-state index contributed by atoms with van der Waals surface area (Å²) in [5.41, 5.74) is 5.46. The Labute approximate surface area is 226 Å². The van der Waals surface area contributed by atoms with Crippen molar-refractivity contribution in [3.05, 3.63) is 90.8 Å². The van der Waals surface area contributed by atoms with Crippen LogP contribution in [0.2, 0.25) is 15.1 Å². The third kappa shape index (κ3) is 8.54. The van der Waals surface area contributed by atoms with Gasteiger partial charge in [0.25, 0.3) is 0 Å². The fourth-order valence-electron chi connectivity index (χ4n) is 2.86. The number of carbonyl (C=O) groups excluding carboxylic acids is 2. The molecule has 182 valence electrons. The summed E-state index contributed by atoms with van der Waals surface area (Å²) in [6, 6.07) is 15.8. The second-order valence-corrected chi connectivity index (χ2v) is 9.62. The Morgan fingerprint density at radius 1 is 0.971 bits per heavy atom. The van der Waals surface area contributed by atoms with E-state index in [4.69, 9.17) is 39.5 Å². The quantitative estimate of drug-likeness (QED) is 0.203. The number of hydrogen-bond donors (Lipinski definition) is 2. The molecule has 0 spiro atoms. The van der Waals surface area contributed by atoms with E-state index in [9.17, 15) is 9.59 Å². The minimum Gasteiger partial charge on any atom is -0.488 e. The molecule has 2 amide bonds. The normalized spacial score (nSPS) is 10.9. The monoisotopic (exact) mass is 595 g/mol. The molecule has 0 aliphatic heterocycles. The van der Waals surface area contributed by atoms with Crippen molar-refractivity contribution in [3.8, 4) is 5.75 Å². The van der Waals surface area contributed by atoms with Crippen LogP contribution in [0.25, 0.3) is 0 Å². The maximum absolute atomic E-state index is 12.1. The topological polar surface area (TPSA) is 79.8 Å². The van der Waals surface area contributed by atoms with Gasteiger partial charge in [-0.15, -0.1) is 0 Å². The number of hydrogen-bond acceptors (Lipinski definition) is 4. The Morgan fingerprint density at radius 2 is 1.74 bits per heavy atom. The summed E-state index contributed by atoms with van der Waals surface area (Å²) in [5.74, 6) is -0.0428. The number of carbonyl (C=O) groups is 2. The maximum atomic E-state index is 12.1. The van der Waals surface area contributed by atoms with E-state index < -0.39 is 0 Å². The van der Waals surface area contributed by atoms with E-state index >= 15 is 0 Å². The van der Waals surface area contributed by atoms with E-state index in [1.807, 2.05) is 19.1 Å². The van der Waals surface area contributed by atoms with Crippen LogP contribution >= 0.6 is 50.7 Å². The molecule has 10 heteroatoms. The molecule has 3 aromatic rings. The van der Waals surface area contributed by atoms with Gasteiger partial charge in [0.15, 0.2) is 0 Å². The van der Waals surface area contributed by atoms with E-state index in [2.05, 4.69) is 31.8 Å². The summed E-state index contributed by atoms with van der Waals surface area (Å²) < 4.78 is 6.53. The number of halogens is 4. The van der Waals surface area contributed by atoms with Crippen LogP contribution in [0.1, 0.15) is 29.5 Å². The molecule has 0 radical (unpaired) electrons. The molecule has 2 N–H and O–H groups in total. The molecule has 0 heterocycles. The van der Waals surface area contributed by atoms with Gasteiger partial charge < -0.3 is 10.1 Å². The number of aryl methyl sites for hydroxylation is 1. The van der Waals surface area contributed by atoms with Crippen molar-refractivity contribution in [1.29, 1.82) is 0 Å². The van der Waals surface area contributed by atoms with Gasteiger partial charge >= 0.3 is 0 Å². The third-order valence-corrected chi connectivity index (χ3v) is 6.41. The molecule has 0 saturated carbocycles. The van der Waals surface area contributed by atoms with Crippen molar-refractivity contribution >= 4 is 74.4 Å². The SMILES string of the molecule is Cc1ccc(NC(=O)CCC(=O)NN=Cc2ccc(OCc3ccc(Cl)cc3Cl)c(Br)c2)cc1Cl. The zero-order valence-corrected chi connectivity index (χ0v) is 22.4. The van der Waals surface area contributed by atoms with Gasteiger partial charge in [0.1, 0.15) is 12.4 Å². The van der Waals surface area contributed by atoms with Gasteiger partial charge in [0, 0.05) is 39.2 Å². The van der Waals surface area contributed by atoms with Gasteiger partial charge in [-0.1, -0.05) is 46.9 Å². The first-order valence-electron chi connectivity index (χ1n) is 10.5. The summed E-state index contributed by atoms with van der Waals surface area (Å²) in [7, 11) is 0. The highest BCUT2D eigenvalue weighted by atomic mass is 79.9. The number of rotatable bonds is 9. The number of benzene rings is 3. The lowest BCUT2D eigenvalue weighted by atomic mass is 10.2. The van der Waals surface area contributed by atoms with E-state index in [0.29, 0.717) is 31.0 Å². The molecule has 0 saturated heterocycles. The van der Waals surface area contributed by atoms with Crippen molar-refractivity contribution in [2.45, 2.75) is 26.4 Å². The van der Waals surface area contributed by atoms with Gasteiger partial charge in [-0.3, -0.25) is 9.59 Å². The number of amides is 2. The first-order valence-corrected chi connectivity index (χ1v) is 12.4. The molecule has 3 aromatic carbocycles. The maximum Gasteiger partial charge on any atom is 0.240 e. The van der Waals surface area contributed by atoms with Crippen molar-refractivity contribution in [2.24, 2.45) is 5.10 Å².